The SMILES string of the molecule is N#Cc1cccc(-n2c3ccccc3c3c4sc5ccccc5c4ccc32)c1-c1cc(-c2cc(C(F)(F)F)cc(C(F)(F)F)c2)ccc1-n1c2ccccc2c2c3sc4ccccc4c3ccc21. The number of para-hydroxylation sites is 2. The lowest BCUT2D eigenvalue weighted by Gasteiger charge is -2.21. The van der Waals surface area contributed by atoms with E-state index in [1.807, 2.05) is 66.7 Å². The molecule has 326 valence electrons. The molecule has 0 unspecified atom stereocenters. The molecule has 0 radical (unpaired) electrons. The van der Waals surface area contributed by atoms with Crippen LogP contribution in [0.1, 0.15) is 16.7 Å². The van der Waals surface area contributed by atoms with E-state index in [4.69, 9.17) is 0 Å². The maximum Gasteiger partial charge on any atom is 0.416 e. The van der Waals surface area contributed by atoms with E-state index in [1.165, 1.54) is 0 Å². The highest BCUT2D eigenvalue weighted by molar-refractivity contribution is 7.27. The number of rotatable bonds is 4. The smallest absolute Gasteiger partial charge is 0.309 e. The van der Waals surface area contributed by atoms with Gasteiger partial charge in [-0.2, -0.15) is 31.6 Å². The molecule has 0 bridgehead atoms. The van der Waals surface area contributed by atoms with Crippen molar-refractivity contribution in [1.82, 2.24) is 9.13 Å². The summed E-state index contributed by atoms with van der Waals surface area (Å²) in [4.78, 5) is 0. The van der Waals surface area contributed by atoms with Gasteiger partial charge in [0.05, 0.1) is 56.2 Å². The van der Waals surface area contributed by atoms with Crippen LogP contribution in [0.15, 0.2) is 176 Å². The van der Waals surface area contributed by atoms with E-state index in [9.17, 15) is 31.6 Å². The first-order valence-electron chi connectivity index (χ1n) is 21.6. The molecule has 0 aliphatic heterocycles. The average Bonchev–Trinajstić information content (AvgIpc) is 4.10. The summed E-state index contributed by atoms with van der Waals surface area (Å²) in [5, 5.41) is 19.6. The van der Waals surface area contributed by atoms with Gasteiger partial charge in [0, 0.05) is 73.0 Å². The van der Waals surface area contributed by atoms with Gasteiger partial charge in [0.1, 0.15) is 0 Å². The van der Waals surface area contributed by atoms with Crippen molar-refractivity contribution in [3.63, 3.8) is 0 Å². The van der Waals surface area contributed by atoms with Crippen LogP contribution < -0.4 is 0 Å². The van der Waals surface area contributed by atoms with Crippen LogP contribution in [0.2, 0.25) is 0 Å². The summed E-state index contributed by atoms with van der Waals surface area (Å²) in [5.74, 6) is 0. The Morgan fingerprint density at radius 2 is 0.912 bits per heavy atom. The molecule has 11 heteroatoms. The number of hydrogen-bond donors (Lipinski definition) is 0. The third kappa shape index (κ3) is 5.90. The van der Waals surface area contributed by atoms with Crippen molar-refractivity contribution in [1.29, 1.82) is 5.26 Å². The molecule has 13 rings (SSSR count). The Kier molecular flexibility index (Phi) is 8.63. The Bertz CT molecular complexity index is 4300. The number of alkyl halides is 6. The quantitative estimate of drug-likeness (QED) is 0.162. The zero-order valence-corrected chi connectivity index (χ0v) is 36.8. The second-order valence-electron chi connectivity index (χ2n) is 16.9. The summed E-state index contributed by atoms with van der Waals surface area (Å²) in [6.45, 7) is 0. The van der Waals surface area contributed by atoms with E-state index >= 15 is 0 Å². The third-order valence-electron chi connectivity index (χ3n) is 13.2. The van der Waals surface area contributed by atoms with E-state index in [0.29, 0.717) is 22.5 Å². The number of benzene rings is 9. The maximum atomic E-state index is 14.4. The molecule has 68 heavy (non-hydrogen) atoms. The zero-order valence-electron chi connectivity index (χ0n) is 35.2. The number of halogens is 6. The Morgan fingerprint density at radius 1 is 0.412 bits per heavy atom. The van der Waals surface area contributed by atoms with Crippen molar-refractivity contribution in [2.45, 2.75) is 12.4 Å². The van der Waals surface area contributed by atoms with Crippen molar-refractivity contribution in [3.8, 4) is 39.7 Å². The van der Waals surface area contributed by atoms with Crippen LogP contribution in [0.25, 0.3) is 118 Å². The topological polar surface area (TPSA) is 33.6 Å². The second kappa shape index (κ2) is 14.5. The fourth-order valence-corrected chi connectivity index (χ4v) is 12.8. The van der Waals surface area contributed by atoms with E-state index in [-0.39, 0.29) is 22.8 Å². The highest BCUT2D eigenvalue weighted by Crippen LogP contribution is 2.49. The second-order valence-corrected chi connectivity index (χ2v) is 19.0. The Morgan fingerprint density at radius 3 is 1.44 bits per heavy atom. The van der Waals surface area contributed by atoms with Gasteiger partial charge in [-0.3, -0.25) is 0 Å². The zero-order chi connectivity index (χ0) is 46.2. The summed E-state index contributed by atoms with van der Waals surface area (Å²) in [7, 11) is 0. The van der Waals surface area contributed by atoms with Gasteiger partial charge in [0.25, 0.3) is 0 Å². The van der Waals surface area contributed by atoms with E-state index in [2.05, 4.69) is 75.9 Å². The molecule has 0 N–H and O–H groups in total. The lowest BCUT2D eigenvalue weighted by atomic mass is 9.91. The molecule has 4 heterocycles. The molecule has 0 spiro atoms. The van der Waals surface area contributed by atoms with Crippen LogP contribution in [0.4, 0.5) is 26.3 Å². The average molecular weight is 934 g/mol. The minimum atomic E-state index is -5.06. The normalized spacial score (nSPS) is 12.5. The molecular weight excluding hydrogens is 905 g/mol. The number of hydrogen-bond acceptors (Lipinski definition) is 3. The van der Waals surface area contributed by atoms with Gasteiger partial charge >= 0.3 is 12.4 Å². The molecule has 3 nitrogen and oxygen atoms in total. The Labute approximate surface area is 390 Å². The van der Waals surface area contributed by atoms with Crippen molar-refractivity contribution in [3.05, 3.63) is 193 Å². The van der Waals surface area contributed by atoms with Crippen molar-refractivity contribution in [2.24, 2.45) is 0 Å². The van der Waals surface area contributed by atoms with Gasteiger partial charge < -0.3 is 9.13 Å². The maximum absolute atomic E-state index is 14.4. The van der Waals surface area contributed by atoms with Crippen LogP contribution >= 0.6 is 22.7 Å². The molecule has 9 aromatic carbocycles. The summed E-state index contributed by atoms with van der Waals surface area (Å²) in [6, 6.07) is 55.4. The van der Waals surface area contributed by atoms with Crippen LogP contribution in [0.3, 0.4) is 0 Å². The predicted molar refractivity (Wildman–Crippen MR) is 266 cm³/mol. The number of fused-ring (bicyclic) bond motifs is 14. The van der Waals surface area contributed by atoms with Gasteiger partial charge in [-0.25, -0.2) is 0 Å². The van der Waals surface area contributed by atoms with Crippen LogP contribution in [0.5, 0.6) is 0 Å². The molecule has 0 saturated heterocycles. The monoisotopic (exact) mass is 933 g/mol. The molecule has 4 aromatic heterocycles. The van der Waals surface area contributed by atoms with Gasteiger partial charge in [-0.15, -0.1) is 22.7 Å². The van der Waals surface area contributed by atoms with Gasteiger partial charge in [-0.1, -0.05) is 97.1 Å². The number of nitrogens with zero attached hydrogens (tertiary/aromatic N) is 3. The van der Waals surface area contributed by atoms with E-state index < -0.39 is 23.5 Å². The fraction of sp³-hybridized carbons (Fsp3) is 0.0351. The van der Waals surface area contributed by atoms with Crippen LogP contribution in [-0.4, -0.2) is 9.13 Å². The van der Waals surface area contributed by atoms with E-state index in [0.717, 1.165) is 96.1 Å². The minimum Gasteiger partial charge on any atom is -0.309 e. The summed E-state index contributed by atoms with van der Waals surface area (Å²) in [5.41, 5.74) is 2.78. The van der Waals surface area contributed by atoms with Crippen molar-refractivity contribution >= 4 is 107 Å². The molecule has 0 saturated carbocycles. The third-order valence-corrected chi connectivity index (χ3v) is 15.6. The predicted octanol–water partition coefficient (Wildman–Crippen LogP) is 17.9. The molecular formula is C57H29F6N3S2. The molecule has 0 aliphatic carbocycles. The highest BCUT2D eigenvalue weighted by Gasteiger charge is 2.37. The summed E-state index contributed by atoms with van der Waals surface area (Å²) in [6.07, 6.45) is -10.1. The first-order chi connectivity index (χ1) is 33.0. The van der Waals surface area contributed by atoms with E-state index in [1.54, 1.807) is 53.0 Å². The minimum absolute atomic E-state index is 0.112. The van der Waals surface area contributed by atoms with Crippen molar-refractivity contribution in [2.75, 3.05) is 0 Å². The molecule has 0 fully saturated rings. The Hall–Kier alpha value is -7.91. The Balaban J connectivity index is 1.17. The molecule has 0 amide bonds. The van der Waals surface area contributed by atoms with Crippen LogP contribution in [0, 0.1) is 11.3 Å². The molecule has 13 aromatic rings. The van der Waals surface area contributed by atoms with Crippen LogP contribution in [-0.2, 0) is 12.4 Å². The fourth-order valence-electron chi connectivity index (χ4n) is 10.3. The largest absolute Gasteiger partial charge is 0.416 e. The summed E-state index contributed by atoms with van der Waals surface area (Å²) < 4.78 is 95.3. The number of nitriles is 1. The van der Waals surface area contributed by atoms with Crippen molar-refractivity contribution < 1.29 is 26.3 Å². The number of thiophene rings is 2. The van der Waals surface area contributed by atoms with Gasteiger partial charge in [0.15, 0.2) is 0 Å². The first-order valence-corrected chi connectivity index (χ1v) is 23.2. The first kappa shape index (κ1) is 40.4. The highest BCUT2D eigenvalue weighted by atomic mass is 32.1. The van der Waals surface area contributed by atoms with Gasteiger partial charge in [0.2, 0.25) is 0 Å². The molecule has 0 aliphatic rings. The van der Waals surface area contributed by atoms with Gasteiger partial charge in [-0.05, 0) is 90.0 Å². The standard InChI is InChI=1S/C57H29F6N3S2/c58-56(59,60)34-26-33(27-35(29-34)57(61,62)63)31-20-23-45(65-43-15-5-1-13-40(43)52-47(65)24-21-38-36-11-3-7-18-49(36)67-54(38)52)42(28-31)51-32(30-64)10-9-17-46(51)66-44-16-6-2-14-41(44)53-48(66)25-22-39-37-12-4-8-19-50(37)68-55(39)53/h1-29H. The summed E-state index contributed by atoms with van der Waals surface area (Å²) >= 11 is 3.39. The number of aromatic nitrogens is 2. The lowest BCUT2D eigenvalue weighted by Crippen LogP contribution is -2.11. The molecule has 0 atom stereocenters. The lowest BCUT2D eigenvalue weighted by molar-refractivity contribution is -0.143.